The van der Waals surface area contributed by atoms with E-state index in [0.717, 1.165) is 18.2 Å². The van der Waals surface area contributed by atoms with Gasteiger partial charge in [0.1, 0.15) is 5.82 Å². The lowest BCUT2D eigenvalue weighted by Gasteiger charge is -2.09. The fraction of sp³-hybridized carbons (Fsp3) is 0.231. The quantitative estimate of drug-likeness (QED) is 0.886. The fourth-order valence-electron chi connectivity index (χ4n) is 1.75. The Hall–Kier alpha value is -1.77. The first-order valence-electron chi connectivity index (χ1n) is 6.27. The molecule has 1 aromatic heterocycles. The summed E-state index contributed by atoms with van der Waals surface area (Å²) in [5, 5.41) is -0.276. The first kappa shape index (κ1) is 16.6. The molecule has 1 heterocycles. The Morgan fingerprint density at radius 1 is 1.41 bits per heavy atom. The second kappa shape index (κ2) is 6.55. The van der Waals surface area contributed by atoms with E-state index in [4.69, 9.17) is 11.6 Å². The van der Waals surface area contributed by atoms with Crippen LogP contribution in [0.3, 0.4) is 0 Å². The van der Waals surface area contributed by atoms with Crippen molar-refractivity contribution in [1.82, 2.24) is 14.3 Å². The molecule has 0 radical (unpaired) electrons. The number of benzene rings is 1. The second-order valence-corrected chi connectivity index (χ2v) is 6.72. The number of nitrogens with one attached hydrogen (secondary N) is 1. The van der Waals surface area contributed by atoms with Gasteiger partial charge in [-0.25, -0.2) is 22.5 Å². The minimum atomic E-state index is -3.83. The molecule has 0 fully saturated rings. The maximum atomic E-state index is 13.1. The first-order valence-corrected chi connectivity index (χ1v) is 8.13. The molecule has 0 aliphatic heterocycles. The van der Waals surface area contributed by atoms with Crippen LogP contribution in [0.1, 0.15) is 5.56 Å². The lowest BCUT2D eigenvalue weighted by molar-refractivity contribution is 0.567. The van der Waals surface area contributed by atoms with Gasteiger partial charge >= 0.3 is 0 Å². The Labute approximate surface area is 131 Å². The van der Waals surface area contributed by atoms with Gasteiger partial charge in [-0.2, -0.15) is 0 Å². The molecule has 0 unspecified atom stereocenters. The standard InChI is InChI=1S/C13H13ClFN3O3S/c1-9-7-16-8-18(13(9)19)5-4-17-22(20,21)10-2-3-12(15)11(14)6-10/h2-3,6-8,17H,4-5H2,1H3. The van der Waals surface area contributed by atoms with Gasteiger partial charge in [0, 0.05) is 24.8 Å². The third-order valence-corrected chi connectivity index (χ3v) is 4.67. The van der Waals surface area contributed by atoms with Crippen LogP contribution in [0.25, 0.3) is 0 Å². The minimum absolute atomic E-state index is 0.0115. The largest absolute Gasteiger partial charge is 0.298 e. The molecule has 0 spiro atoms. The number of hydrogen-bond acceptors (Lipinski definition) is 4. The molecule has 6 nitrogen and oxygen atoms in total. The molecule has 118 valence electrons. The molecular formula is C13H13ClFN3O3S. The second-order valence-electron chi connectivity index (χ2n) is 4.55. The van der Waals surface area contributed by atoms with Crippen molar-refractivity contribution in [3.05, 3.63) is 57.5 Å². The molecule has 0 saturated carbocycles. The van der Waals surface area contributed by atoms with E-state index in [1.54, 1.807) is 6.92 Å². The highest BCUT2D eigenvalue weighted by molar-refractivity contribution is 7.89. The van der Waals surface area contributed by atoms with Crippen molar-refractivity contribution in [2.24, 2.45) is 0 Å². The fourth-order valence-corrected chi connectivity index (χ4v) is 3.04. The summed E-state index contributed by atoms with van der Waals surface area (Å²) in [6.45, 7) is 1.74. The molecule has 0 bridgehead atoms. The third-order valence-electron chi connectivity index (χ3n) is 2.92. The van der Waals surface area contributed by atoms with E-state index in [-0.39, 0.29) is 28.6 Å². The van der Waals surface area contributed by atoms with Crippen LogP contribution in [0.4, 0.5) is 4.39 Å². The van der Waals surface area contributed by atoms with Crippen molar-refractivity contribution >= 4 is 21.6 Å². The summed E-state index contributed by atoms with van der Waals surface area (Å²) < 4.78 is 40.8. The van der Waals surface area contributed by atoms with E-state index < -0.39 is 15.8 Å². The minimum Gasteiger partial charge on any atom is -0.298 e. The molecule has 1 aromatic carbocycles. The molecule has 2 aromatic rings. The lowest BCUT2D eigenvalue weighted by Crippen LogP contribution is -2.31. The molecular weight excluding hydrogens is 333 g/mol. The van der Waals surface area contributed by atoms with E-state index >= 15 is 0 Å². The molecule has 0 amide bonds. The highest BCUT2D eigenvalue weighted by Crippen LogP contribution is 2.19. The van der Waals surface area contributed by atoms with Gasteiger partial charge in [-0.15, -0.1) is 0 Å². The number of halogens is 2. The zero-order valence-electron chi connectivity index (χ0n) is 11.6. The van der Waals surface area contributed by atoms with Gasteiger partial charge in [0.25, 0.3) is 5.56 Å². The number of nitrogens with zero attached hydrogens (tertiary/aromatic N) is 2. The summed E-state index contributed by atoms with van der Waals surface area (Å²) in [6, 6.07) is 3.12. The van der Waals surface area contributed by atoms with Gasteiger partial charge in [0.05, 0.1) is 16.2 Å². The summed E-state index contributed by atoms with van der Waals surface area (Å²) in [7, 11) is -3.83. The van der Waals surface area contributed by atoms with Crippen LogP contribution in [-0.2, 0) is 16.6 Å². The molecule has 1 N–H and O–H groups in total. The van der Waals surface area contributed by atoms with E-state index in [1.165, 1.54) is 17.1 Å². The number of aryl methyl sites for hydroxylation is 1. The summed E-state index contributed by atoms with van der Waals surface area (Å²) in [4.78, 5) is 15.5. The Balaban J connectivity index is 2.08. The maximum absolute atomic E-state index is 13.1. The molecule has 0 atom stereocenters. The molecule has 0 saturated heterocycles. The predicted octanol–water partition coefficient (Wildman–Crippen LogP) is 1.32. The van der Waals surface area contributed by atoms with Crippen molar-refractivity contribution in [2.75, 3.05) is 6.54 Å². The third kappa shape index (κ3) is 3.70. The summed E-state index contributed by atoms with van der Waals surface area (Å²) in [5.41, 5.74) is 0.231. The van der Waals surface area contributed by atoms with Crippen LogP contribution in [0.5, 0.6) is 0 Å². The molecule has 9 heteroatoms. The monoisotopic (exact) mass is 345 g/mol. The topological polar surface area (TPSA) is 81.1 Å². The SMILES string of the molecule is Cc1cncn(CCNS(=O)(=O)c2ccc(F)c(Cl)c2)c1=O. The predicted molar refractivity (Wildman–Crippen MR) is 79.8 cm³/mol. The molecule has 0 aliphatic rings. The highest BCUT2D eigenvalue weighted by atomic mass is 35.5. The van der Waals surface area contributed by atoms with Crippen LogP contribution in [0.15, 0.2) is 40.4 Å². The van der Waals surface area contributed by atoms with Crippen molar-refractivity contribution in [3.8, 4) is 0 Å². The van der Waals surface area contributed by atoms with Crippen molar-refractivity contribution < 1.29 is 12.8 Å². The van der Waals surface area contributed by atoms with Gasteiger partial charge in [0.15, 0.2) is 0 Å². The molecule has 22 heavy (non-hydrogen) atoms. The summed E-state index contributed by atoms with van der Waals surface area (Å²) in [6.07, 6.45) is 2.77. The van der Waals surface area contributed by atoms with Gasteiger partial charge in [-0.1, -0.05) is 11.6 Å². The van der Waals surface area contributed by atoms with Gasteiger partial charge < -0.3 is 0 Å². The average Bonchev–Trinajstić information content (AvgIpc) is 2.46. The number of hydrogen-bond donors (Lipinski definition) is 1. The van der Waals surface area contributed by atoms with E-state index in [0.29, 0.717) is 5.56 Å². The zero-order chi connectivity index (χ0) is 16.3. The van der Waals surface area contributed by atoms with Crippen molar-refractivity contribution in [3.63, 3.8) is 0 Å². The van der Waals surface area contributed by atoms with Crippen LogP contribution in [0, 0.1) is 12.7 Å². The van der Waals surface area contributed by atoms with E-state index in [2.05, 4.69) is 9.71 Å². The van der Waals surface area contributed by atoms with Gasteiger partial charge in [0.2, 0.25) is 10.0 Å². The Bertz CT molecular complexity index is 852. The zero-order valence-corrected chi connectivity index (χ0v) is 13.2. The van der Waals surface area contributed by atoms with Crippen molar-refractivity contribution in [2.45, 2.75) is 18.4 Å². The van der Waals surface area contributed by atoms with Crippen LogP contribution >= 0.6 is 11.6 Å². The number of sulfonamides is 1. The smallest absolute Gasteiger partial charge is 0.256 e. The molecule has 2 rings (SSSR count). The molecule has 0 aliphatic carbocycles. The first-order chi connectivity index (χ1) is 10.3. The van der Waals surface area contributed by atoms with Crippen LogP contribution < -0.4 is 10.3 Å². The highest BCUT2D eigenvalue weighted by Gasteiger charge is 2.15. The summed E-state index contributed by atoms with van der Waals surface area (Å²) >= 11 is 5.57. The van der Waals surface area contributed by atoms with Gasteiger partial charge in [-0.3, -0.25) is 9.36 Å². The Morgan fingerprint density at radius 2 is 2.14 bits per heavy atom. The Morgan fingerprint density at radius 3 is 2.82 bits per heavy atom. The number of rotatable bonds is 5. The average molecular weight is 346 g/mol. The van der Waals surface area contributed by atoms with Crippen LogP contribution in [-0.4, -0.2) is 24.5 Å². The summed E-state index contributed by atoms with van der Waals surface area (Å²) in [5.74, 6) is -0.696. The lowest BCUT2D eigenvalue weighted by atomic mass is 10.3. The number of aromatic nitrogens is 2. The van der Waals surface area contributed by atoms with E-state index in [9.17, 15) is 17.6 Å². The van der Waals surface area contributed by atoms with Crippen molar-refractivity contribution in [1.29, 1.82) is 0 Å². The Kier molecular flexibility index (Phi) is 4.94. The van der Waals surface area contributed by atoms with E-state index in [1.807, 2.05) is 0 Å². The normalized spacial score (nSPS) is 11.6. The van der Waals surface area contributed by atoms with Gasteiger partial charge in [-0.05, 0) is 25.1 Å². The maximum Gasteiger partial charge on any atom is 0.256 e. The van der Waals surface area contributed by atoms with Crippen LogP contribution in [0.2, 0.25) is 5.02 Å².